The minimum absolute atomic E-state index is 0.00795. The van der Waals surface area contributed by atoms with E-state index < -0.39 is 4.92 Å². The highest BCUT2D eigenvalue weighted by molar-refractivity contribution is 5.76. The van der Waals surface area contributed by atoms with Gasteiger partial charge in [-0.3, -0.25) is 19.6 Å². The normalized spacial score (nSPS) is 19.4. The van der Waals surface area contributed by atoms with E-state index in [-0.39, 0.29) is 30.7 Å². The monoisotopic (exact) mass is 268 g/mol. The van der Waals surface area contributed by atoms with Gasteiger partial charge in [0.05, 0.1) is 4.92 Å². The summed E-state index contributed by atoms with van der Waals surface area (Å²) in [6.45, 7) is 1.28. The Balaban J connectivity index is 1.94. The van der Waals surface area contributed by atoms with Crippen LogP contribution in [-0.4, -0.2) is 50.3 Å². The molecule has 2 rings (SSSR count). The molecule has 1 N–H and O–H groups in total. The number of amides is 1. The summed E-state index contributed by atoms with van der Waals surface area (Å²) in [5.41, 5.74) is -0.125. The third-order valence-corrected chi connectivity index (χ3v) is 3.26. The van der Waals surface area contributed by atoms with Crippen LogP contribution in [0.3, 0.4) is 0 Å². The second-order valence-corrected chi connectivity index (χ2v) is 4.68. The maximum atomic E-state index is 12.0. The molecule has 1 aromatic rings. The second kappa shape index (κ2) is 5.79. The number of aliphatic hydroxyl groups is 1. The molecule has 1 fully saturated rings. The third kappa shape index (κ3) is 3.28. The van der Waals surface area contributed by atoms with Crippen LogP contribution in [0.2, 0.25) is 0 Å². The molecule has 8 nitrogen and oxygen atoms in total. The van der Waals surface area contributed by atoms with Gasteiger partial charge in [0.15, 0.2) is 0 Å². The van der Waals surface area contributed by atoms with E-state index in [0.29, 0.717) is 13.1 Å². The van der Waals surface area contributed by atoms with Gasteiger partial charge in [0.1, 0.15) is 18.9 Å². The number of carbonyl (C=O) groups is 1. The minimum atomic E-state index is -0.545. The van der Waals surface area contributed by atoms with E-state index in [9.17, 15) is 14.9 Å². The zero-order valence-electron chi connectivity index (χ0n) is 10.4. The van der Waals surface area contributed by atoms with Crippen LogP contribution in [-0.2, 0) is 11.3 Å². The molecule has 19 heavy (non-hydrogen) atoms. The van der Waals surface area contributed by atoms with Gasteiger partial charge in [-0.05, 0) is 18.8 Å². The lowest BCUT2D eigenvalue weighted by atomic mass is 9.99. The molecule has 0 radical (unpaired) electrons. The first-order chi connectivity index (χ1) is 9.10. The lowest BCUT2D eigenvalue weighted by Crippen LogP contribution is -2.42. The van der Waals surface area contributed by atoms with Gasteiger partial charge in [0.2, 0.25) is 5.91 Å². The van der Waals surface area contributed by atoms with Crippen LogP contribution < -0.4 is 0 Å². The fourth-order valence-corrected chi connectivity index (χ4v) is 2.21. The molecule has 1 atom stereocenters. The van der Waals surface area contributed by atoms with Gasteiger partial charge in [-0.1, -0.05) is 0 Å². The zero-order valence-corrected chi connectivity index (χ0v) is 10.4. The molecule has 0 spiro atoms. The standard InChI is InChI=1S/C11H16N4O4/c16-8-9-2-1-3-13(5-9)11(17)7-14-6-10(4-12-14)15(18)19/h4,6,9,16H,1-3,5,7-8H2. The summed E-state index contributed by atoms with van der Waals surface area (Å²) in [5.74, 6) is 0.000746. The Labute approximate surface area is 109 Å². The van der Waals surface area contributed by atoms with Crippen LogP contribution in [0.15, 0.2) is 12.4 Å². The molecule has 1 unspecified atom stereocenters. The van der Waals surface area contributed by atoms with Crippen LogP contribution in [0.1, 0.15) is 12.8 Å². The summed E-state index contributed by atoms with van der Waals surface area (Å²) in [7, 11) is 0. The van der Waals surface area contributed by atoms with Gasteiger partial charge in [0.25, 0.3) is 0 Å². The lowest BCUT2D eigenvalue weighted by Gasteiger charge is -2.31. The highest BCUT2D eigenvalue weighted by atomic mass is 16.6. The van der Waals surface area contributed by atoms with Crippen molar-refractivity contribution in [3.05, 3.63) is 22.5 Å². The Morgan fingerprint density at radius 1 is 1.63 bits per heavy atom. The highest BCUT2D eigenvalue weighted by Gasteiger charge is 2.23. The average molecular weight is 268 g/mol. The Kier molecular flexibility index (Phi) is 4.10. The van der Waals surface area contributed by atoms with Crippen LogP contribution in [0.4, 0.5) is 5.69 Å². The predicted octanol–water partition coefficient (Wildman–Crippen LogP) is 0.0222. The first kappa shape index (κ1) is 13.5. The molecular weight excluding hydrogens is 252 g/mol. The van der Waals surface area contributed by atoms with Gasteiger partial charge < -0.3 is 10.0 Å². The Bertz CT molecular complexity index is 473. The number of hydrogen-bond donors (Lipinski definition) is 1. The molecule has 1 saturated heterocycles. The van der Waals surface area contributed by atoms with E-state index in [4.69, 9.17) is 5.11 Å². The fraction of sp³-hybridized carbons (Fsp3) is 0.636. The maximum Gasteiger partial charge on any atom is 0.307 e. The smallest absolute Gasteiger partial charge is 0.307 e. The zero-order chi connectivity index (χ0) is 13.8. The summed E-state index contributed by atoms with van der Waals surface area (Å²) in [5, 5.41) is 23.4. The maximum absolute atomic E-state index is 12.0. The van der Waals surface area contributed by atoms with Crippen molar-refractivity contribution in [3.63, 3.8) is 0 Å². The summed E-state index contributed by atoms with van der Waals surface area (Å²) >= 11 is 0. The summed E-state index contributed by atoms with van der Waals surface area (Å²) in [4.78, 5) is 23.7. The number of aromatic nitrogens is 2. The summed E-state index contributed by atoms with van der Waals surface area (Å²) in [6.07, 6.45) is 4.16. The van der Waals surface area contributed by atoms with E-state index in [2.05, 4.69) is 5.10 Å². The van der Waals surface area contributed by atoms with Gasteiger partial charge in [-0.25, -0.2) is 0 Å². The average Bonchev–Trinajstić information content (AvgIpc) is 2.87. The van der Waals surface area contributed by atoms with Crippen LogP contribution >= 0.6 is 0 Å². The number of likely N-dealkylation sites (tertiary alicyclic amines) is 1. The second-order valence-electron chi connectivity index (χ2n) is 4.68. The highest BCUT2D eigenvalue weighted by Crippen LogP contribution is 2.16. The number of aliphatic hydroxyl groups excluding tert-OH is 1. The first-order valence-corrected chi connectivity index (χ1v) is 6.15. The summed E-state index contributed by atoms with van der Waals surface area (Å²) < 4.78 is 1.27. The van der Waals surface area contributed by atoms with Crippen LogP contribution in [0.5, 0.6) is 0 Å². The fourth-order valence-electron chi connectivity index (χ4n) is 2.21. The van der Waals surface area contributed by atoms with Crippen LogP contribution in [0.25, 0.3) is 0 Å². The number of carbonyl (C=O) groups excluding carboxylic acids is 1. The largest absolute Gasteiger partial charge is 0.396 e. The molecule has 0 bridgehead atoms. The van der Waals surface area contributed by atoms with Crippen LogP contribution in [0, 0.1) is 16.0 Å². The Morgan fingerprint density at radius 3 is 3.05 bits per heavy atom. The Hall–Kier alpha value is -1.96. The quantitative estimate of drug-likeness (QED) is 0.612. The molecule has 1 amide bonds. The lowest BCUT2D eigenvalue weighted by molar-refractivity contribution is -0.385. The minimum Gasteiger partial charge on any atom is -0.396 e. The van der Waals surface area contributed by atoms with E-state index in [1.165, 1.54) is 10.9 Å². The molecule has 2 heterocycles. The van der Waals surface area contributed by atoms with Gasteiger partial charge in [0, 0.05) is 19.7 Å². The van der Waals surface area contributed by atoms with Crippen molar-refractivity contribution in [3.8, 4) is 0 Å². The van der Waals surface area contributed by atoms with Gasteiger partial charge in [-0.2, -0.15) is 5.10 Å². The molecule has 1 aliphatic rings. The van der Waals surface area contributed by atoms with Gasteiger partial charge >= 0.3 is 5.69 Å². The van der Waals surface area contributed by atoms with E-state index in [1.54, 1.807) is 4.90 Å². The van der Waals surface area contributed by atoms with Crippen molar-refractivity contribution >= 4 is 11.6 Å². The summed E-state index contributed by atoms with van der Waals surface area (Å²) in [6, 6.07) is 0. The number of rotatable bonds is 4. The SMILES string of the molecule is O=C(Cn1cc([N+](=O)[O-])cn1)N1CCCC(CO)C1. The van der Waals surface area contributed by atoms with Crippen molar-refractivity contribution in [2.45, 2.75) is 19.4 Å². The topological polar surface area (TPSA) is 102 Å². The van der Waals surface area contributed by atoms with E-state index >= 15 is 0 Å². The molecule has 0 saturated carbocycles. The van der Waals surface area contributed by atoms with Gasteiger partial charge in [-0.15, -0.1) is 0 Å². The van der Waals surface area contributed by atoms with Crippen molar-refractivity contribution < 1.29 is 14.8 Å². The molecule has 104 valence electrons. The molecule has 8 heteroatoms. The Morgan fingerprint density at radius 2 is 2.42 bits per heavy atom. The van der Waals surface area contributed by atoms with Crippen molar-refractivity contribution in [1.29, 1.82) is 0 Å². The molecule has 1 aliphatic heterocycles. The first-order valence-electron chi connectivity index (χ1n) is 6.15. The molecular formula is C11H16N4O4. The van der Waals surface area contributed by atoms with E-state index in [0.717, 1.165) is 19.0 Å². The number of piperidine rings is 1. The van der Waals surface area contributed by atoms with Crippen molar-refractivity contribution in [1.82, 2.24) is 14.7 Å². The number of nitrogens with zero attached hydrogens (tertiary/aromatic N) is 4. The number of nitro groups is 1. The van der Waals surface area contributed by atoms with Crippen molar-refractivity contribution in [2.24, 2.45) is 5.92 Å². The third-order valence-electron chi connectivity index (χ3n) is 3.26. The molecule has 1 aromatic heterocycles. The van der Waals surface area contributed by atoms with E-state index in [1.807, 2.05) is 0 Å². The number of hydrogen-bond acceptors (Lipinski definition) is 5. The van der Waals surface area contributed by atoms with Crippen molar-refractivity contribution in [2.75, 3.05) is 19.7 Å². The molecule has 0 aliphatic carbocycles. The molecule has 0 aromatic carbocycles. The predicted molar refractivity (Wildman–Crippen MR) is 65.3 cm³/mol.